The highest BCUT2D eigenvalue weighted by atomic mass is 16.2. The molecule has 0 radical (unpaired) electrons. The molecule has 1 aromatic heterocycles. The Bertz CT molecular complexity index is 498. The number of hydrogen-bond donors (Lipinski definition) is 0. The normalized spacial score (nSPS) is 21.0. The summed E-state index contributed by atoms with van der Waals surface area (Å²) in [6.45, 7) is 5.49. The zero-order valence-electron chi connectivity index (χ0n) is 13.4. The summed E-state index contributed by atoms with van der Waals surface area (Å²) in [7, 11) is 1.88. The van der Waals surface area contributed by atoms with Crippen LogP contribution in [-0.4, -0.2) is 65.4 Å². The Labute approximate surface area is 132 Å². The molecule has 1 aromatic rings. The third-order valence-corrected chi connectivity index (χ3v) is 4.56. The van der Waals surface area contributed by atoms with Gasteiger partial charge in [-0.05, 0) is 19.3 Å². The Morgan fingerprint density at radius 1 is 1.00 bits per heavy atom. The van der Waals surface area contributed by atoms with Crippen LogP contribution in [0.25, 0.3) is 0 Å². The molecule has 6 nitrogen and oxygen atoms in total. The molecule has 0 saturated carbocycles. The summed E-state index contributed by atoms with van der Waals surface area (Å²) in [6, 6.07) is 0. The molecule has 0 atom stereocenters. The molecule has 120 valence electrons. The minimum absolute atomic E-state index is 0.235. The van der Waals surface area contributed by atoms with E-state index in [1.165, 1.54) is 19.3 Å². The lowest BCUT2D eigenvalue weighted by Crippen LogP contribution is -2.31. The second kappa shape index (κ2) is 7.05. The lowest BCUT2D eigenvalue weighted by atomic mass is 10.1. The van der Waals surface area contributed by atoms with Crippen LogP contribution in [0.2, 0.25) is 0 Å². The van der Waals surface area contributed by atoms with Crippen LogP contribution in [0.1, 0.15) is 31.2 Å². The number of carbonyl (C=O) groups excluding carboxylic acids is 1. The van der Waals surface area contributed by atoms with Crippen molar-refractivity contribution in [2.75, 3.05) is 44.7 Å². The fraction of sp³-hybridized carbons (Fsp3) is 0.688. The first-order valence-electron chi connectivity index (χ1n) is 8.24. The van der Waals surface area contributed by atoms with Gasteiger partial charge in [0.05, 0.1) is 0 Å². The van der Waals surface area contributed by atoms with Crippen LogP contribution in [0.5, 0.6) is 0 Å². The van der Waals surface area contributed by atoms with Gasteiger partial charge >= 0.3 is 0 Å². The van der Waals surface area contributed by atoms with Gasteiger partial charge < -0.3 is 9.80 Å². The van der Waals surface area contributed by atoms with E-state index in [-0.39, 0.29) is 5.91 Å². The Kier molecular flexibility index (Phi) is 4.87. The molecule has 2 saturated heterocycles. The molecule has 2 aliphatic heterocycles. The maximum absolute atomic E-state index is 11.7. The molecule has 0 unspecified atom stereocenters. The van der Waals surface area contributed by atoms with Crippen molar-refractivity contribution < 1.29 is 4.79 Å². The minimum Gasteiger partial charge on any atom is -0.344 e. The fourth-order valence-electron chi connectivity index (χ4n) is 3.08. The number of rotatable bonds is 3. The van der Waals surface area contributed by atoms with Gasteiger partial charge in [-0.1, -0.05) is 0 Å². The second-order valence-corrected chi connectivity index (χ2v) is 6.28. The Morgan fingerprint density at radius 3 is 2.45 bits per heavy atom. The first-order chi connectivity index (χ1) is 10.7. The number of likely N-dealkylation sites (N-methyl/N-ethyl adjacent to an activating group) is 1. The minimum atomic E-state index is 0.235. The van der Waals surface area contributed by atoms with Crippen molar-refractivity contribution in [3.63, 3.8) is 0 Å². The van der Waals surface area contributed by atoms with Gasteiger partial charge in [-0.15, -0.1) is 0 Å². The lowest BCUT2D eigenvalue weighted by Gasteiger charge is -2.26. The number of nitrogens with zero attached hydrogens (tertiary/aromatic N) is 5. The van der Waals surface area contributed by atoms with Crippen molar-refractivity contribution in [2.45, 2.75) is 32.2 Å². The molecule has 6 heteroatoms. The van der Waals surface area contributed by atoms with Gasteiger partial charge in [0.2, 0.25) is 11.9 Å². The molecule has 0 aliphatic carbocycles. The highest BCUT2D eigenvalue weighted by molar-refractivity contribution is 5.76. The van der Waals surface area contributed by atoms with Crippen molar-refractivity contribution in [2.24, 2.45) is 0 Å². The average Bonchev–Trinajstić information content (AvgIpc) is 2.72. The van der Waals surface area contributed by atoms with Crippen molar-refractivity contribution in [1.29, 1.82) is 0 Å². The Balaban J connectivity index is 1.57. The largest absolute Gasteiger partial charge is 0.344 e. The van der Waals surface area contributed by atoms with Crippen molar-refractivity contribution in [1.82, 2.24) is 19.8 Å². The van der Waals surface area contributed by atoms with E-state index in [1.54, 1.807) is 0 Å². The number of carbonyl (C=O) groups is 1. The highest BCUT2D eigenvalue weighted by Crippen LogP contribution is 2.15. The molecule has 0 N–H and O–H groups in total. The van der Waals surface area contributed by atoms with Crippen LogP contribution in [0.4, 0.5) is 5.95 Å². The number of piperidine rings is 1. The van der Waals surface area contributed by atoms with E-state index in [2.05, 4.69) is 19.8 Å². The summed E-state index contributed by atoms with van der Waals surface area (Å²) in [6.07, 6.45) is 8.27. The van der Waals surface area contributed by atoms with E-state index in [1.807, 2.05) is 24.3 Å². The average molecular weight is 303 g/mol. The maximum Gasteiger partial charge on any atom is 0.225 e. The van der Waals surface area contributed by atoms with Crippen LogP contribution >= 0.6 is 0 Å². The first-order valence-corrected chi connectivity index (χ1v) is 8.24. The van der Waals surface area contributed by atoms with Gasteiger partial charge in [-0.3, -0.25) is 9.69 Å². The monoisotopic (exact) mass is 303 g/mol. The molecule has 2 fully saturated rings. The molecule has 0 spiro atoms. The third kappa shape index (κ3) is 3.74. The van der Waals surface area contributed by atoms with Gasteiger partial charge in [-0.25, -0.2) is 9.97 Å². The SMILES string of the molecule is CN1CCN(Cc2cnc(N3CCCCC3)nc2)CCC1=O. The lowest BCUT2D eigenvalue weighted by molar-refractivity contribution is -0.129. The molecule has 1 amide bonds. The number of hydrogen-bond acceptors (Lipinski definition) is 5. The second-order valence-electron chi connectivity index (χ2n) is 6.28. The zero-order valence-corrected chi connectivity index (χ0v) is 13.4. The molecule has 3 heterocycles. The van der Waals surface area contributed by atoms with E-state index in [4.69, 9.17) is 0 Å². The Morgan fingerprint density at radius 2 is 1.73 bits per heavy atom. The molecule has 3 rings (SSSR count). The molecule has 0 bridgehead atoms. The van der Waals surface area contributed by atoms with E-state index in [0.717, 1.165) is 50.8 Å². The van der Waals surface area contributed by atoms with Crippen molar-refractivity contribution in [3.05, 3.63) is 18.0 Å². The van der Waals surface area contributed by atoms with Crippen LogP contribution in [0, 0.1) is 0 Å². The van der Waals surface area contributed by atoms with Crippen LogP contribution in [0.3, 0.4) is 0 Å². The predicted octanol–water partition coefficient (Wildman–Crippen LogP) is 1.13. The highest BCUT2D eigenvalue weighted by Gasteiger charge is 2.18. The van der Waals surface area contributed by atoms with E-state index < -0.39 is 0 Å². The summed E-state index contributed by atoms with van der Waals surface area (Å²) < 4.78 is 0. The summed E-state index contributed by atoms with van der Waals surface area (Å²) in [5.41, 5.74) is 1.12. The van der Waals surface area contributed by atoms with Crippen LogP contribution in [-0.2, 0) is 11.3 Å². The number of anilines is 1. The van der Waals surface area contributed by atoms with Crippen molar-refractivity contribution in [3.8, 4) is 0 Å². The van der Waals surface area contributed by atoms with Gasteiger partial charge in [0, 0.05) is 70.7 Å². The molecular formula is C16H25N5O. The zero-order chi connectivity index (χ0) is 15.4. The van der Waals surface area contributed by atoms with E-state index in [0.29, 0.717) is 6.42 Å². The molecule has 2 aliphatic rings. The van der Waals surface area contributed by atoms with Crippen LogP contribution < -0.4 is 4.90 Å². The predicted molar refractivity (Wildman–Crippen MR) is 85.6 cm³/mol. The third-order valence-electron chi connectivity index (χ3n) is 4.56. The summed E-state index contributed by atoms with van der Waals surface area (Å²) in [4.78, 5) is 27.2. The topological polar surface area (TPSA) is 52.6 Å². The van der Waals surface area contributed by atoms with Gasteiger partial charge in [0.1, 0.15) is 0 Å². The Hall–Kier alpha value is -1.69. The molecule has 0 aromatic carbocycles. The van der Waals surface area contributed by atoms with Crippen molar-refractivity contribution >= 4 is 11.9 Å². The molecule has 22 heavy (non-hydrogen) atoms. The maximum atomic E-state index is 11.7. The van der Waals surface area contributed by atoms with Gasteiger partial charge in [-0.2, -0.15) is 0 Å². The summed E-state index contributed by atoms with van der Waals surface area (Å²) in [5.74, 6) is 1.09. The fourth-order valence-corrected chi connectivity index (χ4v) is 3.08. The van der Waals surface area contributed by atoms with E-state index in [9.17, 15) is 4.79 Å². The number of aromatic nitrogens is 2. The van der Waals surface area contributed by atoms with Gasteiger partial charge in [0.25, 0.3) is 0 Å². The van der Waals surface area contributed by atoms with Crippen LogP contribution in [0.15, 0.2) is 12.4 Å². The first kappa shape index (κ1) is 15.2. The molecular weight excluding hydrogens is 278 g/mol. The summed E-state index contributed by atoms with van der Waals surface area (Å²) in [5, 5.41) is 0. The number of amides is 1. The quantitative estimate of drug-likeness (QED) is 0.838. The smallest absolute Gasteiger partial charge is 0.225 e. The van der Waals surface area contributed by atoms with Gasteiger partial charge in [0.15, 0.2) is 0 Å². The summed E-state index contributed by atoms with van der Waals surface area (Å²) >= 11 is 0. The van der Waals surface area contributed by atoms with E-state index >= 15 is 0 Å². The standard InChI is InChI=1S/C16H25N5O/c1-19-9-10-20(8-5-15(19)22)13-14-11-17-16(18-12-14)21-6-3-2-4-7-21/h11-12H,2-10,13H2,1H3.